The van der Waals surface area contributed by atoms with Crippen LogP contribution >= 0.6 is 15.6 Å². The predicted molar refractivity (Wildman–Crippen MR) is 88.3 cm³/mol. The van der Waals surface area contributed by atoms with Gasteiger partial charge in [0.15, 0.2) is 11.4 Å². The molecule has 4 rings (SSSR count). The second-order valence-electron chi connectivity index (χ2n) is 6.40. The normalized spacial score (nSPS) is 35.8. The zero-order chi connectivity index (χ0) is 21.4. The number of phosphoric ester groups is 1. The molecule has 3 heterocycles. The fraction of sp³-hybridized carbons (Fsp3) is 0.417. The van der Waals surface area contributed by atoms with Crippen LogP contribution in [0, 0.1) is 11.3 Å². The summed E-state index contributed by atoms with van der Waals surface area (Å²) in [6.07, 6.45) is -4.09. The Bertz CT molecular complexity index is 1140. The Kier molecular flexibility index (Phi) is 4.23. The predicted octanol–water partition coefficient (Wildman–Crippen LogP) is -1.87. The SMILES string of the molecule is N#C[C@@]1(c2ccc3c(N)ncnn23)O[C@@H]2C(OP(=O)(O)OP(=O)(O)O)[C@]2(O)[C@H]1O. The lowest BCUT2D eigenvalue weighted by Crippen LogP contribution is -2.47. The van der Waals surface area contributed by atoms with Gasteiger partial charge in [-0.25, -0.2) is 18.6 Å². The lowest BCUT2D eigenvalue weighted by Gasteiger charge is -2.29. The van der Waals surface area contributed by atoms with Crippen LogP contribution in [0.15, 0.2) is 18.5 Å². The molecule has 0 radical (unpaired) electrons. The highest BCUT2D eigenvalue weighted by Gasteiger charge is 2.83. The first-order chi connectivity index (χ1) is 13.4. The molecule has 7 N–H and O–H groups in total. The molecule has 0 amide bonds. The van der Waals surface area contributed by atoms with Crippen LogP contribution in [0.3, 0.4) is 0 Å². The summed E-state index contributed by atoms with van der Waals surface area (Å²) >= 11 is 0. The van der Waals surface area contributed by atoms with Crippen LogP contribution in [-0.4, -0.2) is 63.4 Å². The minimum Gasteiger partial charge on any atom is -0.385 e. The Hall–Kier alpha value is -1.95. The van der Waals surface area contributed by atoms with Crippen LogP contribution in [0.5, 0.6) is 0 Å². The minimum absolute atomic E-state index is 0.00498. The fourth-order valence-electron chi connectivity index (χ4n) is 3.41. The number of aliphatic hydroxyl groups excluding tert-OH is 1. The van der Waals surface area contributed by atoms with Gasteiger partial charge >= 0.3 is 15.6 Å². The van der Waals surface area contributed by atoms with Crippen molar-refractivity contribution in [1.82, 2.24) is 14.6 Å². The van der Waals surface area contributed by atoms with Crippen molar-refractivity contribution in [2.24, 2.45) is 0 Å². The van der Waals surface area contributed by atoms with Gasteiger partial charge < -0.3 is 35.4 Å². The Morgan fingerprint density at radius 2 is 2.03 bits per heavy atom. The first-order valence-corrected chi connectivity index (χ1v) is 10.7. The number of ether oxygens (including phenoxy) is 1. The quantitative estimate of drug-likeness (QED) is 0.274. The number of aliphatic hydroxyl groups is 2. The molecule has 6 atom stereocenters. The highest BCUT2D eigenvalue weighted by Crippen LogP contribution is 2.66. The van der Waals surface area contributed by atoms with E-state index < -0.39 is 45.2 Å². The zero-order valence-electron chi connectivity index (χ0n) is 14.0. The molecule has 29 heavy (non-hydrogen) atoms. The lowest BCUT2D eigenvalue weighted by atomic mass is 9.90. The van der Waals surface area contributed by atoms with E-state index in [-0.39, 0.29) is 11.5 Å². The van der Waals surface area contributed by atoms with Gasteiger partial charge in [-0.1, -0.05) is 0 Å². The maximum atomic E-state index is 11.7. The molecule has 2 aromatic heterocycles. The number of hydrogen-bond acceptors (Lipinski definition) is 11. The fourth-order valence-corrected chi connectivity index (χ4v) is 5.20. The van der Waals surface area contributed by atoms with Crippen LogP contribution < -0.4 is 5.73 Å². The van der Waals surface area contributed by atoms with Crippen LogP contribution in [-0.2, 0) is 28.3 Å². The summed E-state index contributed by atoms with van der Waals surface area (Å²) in [4.78, 5) is 30.5. The molecule has 1 saturated carbocycles. The van der Waals surface area contributed by atoms with E-state index in [1.807, 2.05) is 0 Å². The van der Waals surface area contributed by atoms with E-state index in [4.69, 9.17) is 20.3 Å². The highest BCUT2D eigenvalue weighted by molar-refractivity contribution is 7.60. The van der Waals surface area contributed by atoms with Gasteiger partial charge in [-0.3, -0.25) is 4.52 Å². The monoisotopic (exact) mass is 449 g/mol. The van der Waals surface area contributed by atoms with E-state index in [0.29, 0.717) is 5.52 Å². The van der Waals surface area contributed by atoms with Crippen molar-refractivity contribution in [2.75, 3.05) is 5.73 Å². The van der Waals surface area contributed by atoms with Crippen molar-refractivity contribution in [3.05, 3.63) is 24.2 Å². The molecule has 17 heteroatoms. The van der Waals surface area contributed by atoms with Gasteiger partial charge in [0.1, 0.15) is 36.2 Å². The van der Waals surface area contributed by atoms with Gasteiger partial charge in [0.2, 0.25) is 5.60 Å². The van der Waals surface area contributed by atoms with Gasteiger partial charge in [0.25, 0.3) is 0 Å². The summed E-state index contributed by atoms with van der Waals surface area (Å²) in [5, 5.41) is 35.0. The molecular formula is C12H13N5O10P2. The topological polar surface area (TPSA) is 243 Å². The van der Waals surface area contributed by atoms with Crippen molar-refractivity contribution in [2.45, 2.75) is 29.5 Å². The summed E-state index contributed by atoms with van der Waals surface area (Å²) < 4.78 is 37.3. The van der Waals surface area contributed by atoms with E-state index in [1.165, 1.54) is 16.6 Å². The Morgan fingerprint density at radius 3 is 2.59 bits per heavy atom. The first kappa shape index (κ1) is 20.3. The third kappa shape index (κ3) is 2.90. The molecule has 15 nitrogen and oxygen atoms in total. The third-order valence-corrected chi connectivity index (χ3v) is 6.87. The molecule has 0 bridgehead atoms. The van der Waals surface area contributed by atoms with Crippen molar-refractivity contribution in [3.63, 3.8) is 0 Å². The first-order valence-electron chi connectivity index (χ1n) is 7.72. The standard InChI is InChI=1S/C12H13N5O10P2/c13-3-11(6-2-1-5-9(14)15-4-16-17(5)6)10(18)12(19)7(25-11)8(12)26-29(23,24)27-28(20,21)22/h1-2,4,7-8,10,18-19H,(H,23,24)(H2,14,15,16)(H2,20,21,22)/t7-,8?,10+,11+,12+/m1/s1. The Labute approximate surface area is 160 Å². The lowest BCUT2D eigenvalue weighted by molar-refractivity contribution is -0.105. The minimum atomic E-state index is -5.39. The van der Waals surface area contributed by atoms with Gasteiger partial charge in [-0.2, -0.15) is 14.7 Å². The third-order valence-electron chi connectivity index (χ3n) is 4.70. The van der Waals surface area contributed by atoms with Crippen LogP contribution in [0.4, 0.5) is 5.82 Å². The molecule has 2 fully saturated rings. The summed E-state index contributed by atoms with van der Waals surface area (Å²) in [7, 11) is -10.7. The van der Waals surface area contributed by atoms with E-state index in [2.05, 4.69) is 18.9 Å². The molecule has 156 valence electrons. The number of nitrogens with two attached hydrogens (primary N) is 1. The number of nitrogen functional groups attached to an aromatic ring is 1. The van der Waals surface area contributed by atoms with E-state index >= 15 is 0 Å². The zero-order valence-corrected chi connectivity index (χ0v) is 15.8. The van der Waals surface area contributed by atoms with Crippen molar-refractivity contribution < 1.29 is 47.6 Å². The van der Waals surface area contributed by atoms with Gasteiger partial charge in [0.05, 0.1) is 5.69 Å². The summed E-state index contributed by atoms with van der Waals surface area (Å²) in [6, 6.07) is 4.57. The molecule has 1 aliphatic carbocycles. The molecule has 2 aliphatic rings. The number of nitriles is 1. The molecule has 1 saturated heterocycles. The van der Waals surface area contributed by atoms with Gasteiger partial charge in [-0.05, 0) is 12.1 Å². The smallest absolute Gasteiger partial charge is 0.385 e. The van der Waals surface area contributed by atoms with Gasteiger partial charge in [0, 0.05) is 0 Å². The van der Waals surface area contributed by atoms with E-state index in [1.54, 1.807) is 6.07 Å². The van der Waals surface area contributed by atoms with E-state index in [9.17, 15) is 29.5 Å². The highest BCUT2D eigenvalue weighted by atomic mass is 31.3. The van der Waals surface area contributed by atoms with Crippen molar-refractivity contribution in [1.29, 1.82) is 5.26 Å². The summed E-state index contributed by atoms with van der Waals surface area (Å²) in [5.41, 5.74) is 1.52. The van der Waals surface area contributed by atoms with Crippen molar-refractivity contribution >= 4 is 27.0 Å². The van der Waals surface area contributed by atoms with Crippen LogP contribution in [0.25, 0.3) is 5.52 Å². The largest absolute Gasteiger partial charge is 0.481 e. The second kappa shape index (κ2) is 6.03. The summed E-state index contributed by atoms with van der Waals surface area (Å²) in [6.45, 7) is 0. The van der Waals surface area contributed by atoms with Crippen LogP contribution in [0.2, 0.25) is 0 Å². The molecule has 0 aromatic carbocycles. The maximum Gasteiger partial charge on any atom is 0.481 e. The second-order valence-corrected chi connectivity index (χ2v) is 9.19. The Morgan fingerprint density at radius 1 is 1.34 bits per heavy atom. The average Bonchev–Trinajstić information content (AvgIpc) is 2.93. The number of aromatic nitrogens is 3. The number of fused-ring (bicyclic) bond motifs is 2. The van der Waals surface area contributed by atoms with Gasteiger partial charge in [-0.15, -0.1) is 0 Å². The molecule has 1 aliphatic heterocycles. The maximum absolute atomic E-state index is 11.7. The summed E-state index contributed by atoms with van der Waals surface area (Å²) in [5.74, 6) is 0.0766. The molecule has 2 aromatic rings. The molecule has 0 spiro atoms. The molecular weight excluding hydrogens is 436 g/mol. The van der Waals surface area contributed by atoms with Crippen LogP contribution in [0.1, 0.15) is 5.69 Å². The Balaban J connectivity index is 1.65. The average molecular weight is 449 g/mol. The number of rotatable bonds is 5. The number of hydrogen-bond donors (Lipinski definition) is 6. The number of phosphoric acid groups is 2. The van der Waals surface area contributed by atoms with Crippen molar-refractivity contribution in [3.8, 4) is 6.07 Å². The number of nitrogens with zero attached hydrogens (tertiary/aromatic N) is 4. The number of anilines is 1. The molecule has 2 unspecified atom stereocenters. The van der Waals surface area contributed by atoms with E-state index in [0.717, 1.165) is 6.33 Å².